The molecule has 0 heterocycles. The minimum absolute atomic E-state index is 0.109. The molecule has 0 radical (unpaired) electrons. The van der Waals surface area contributed by atoms with E-state index in [9.17, 15) is 4.79 Å². The predicted octanol–water partition coefficient (Wildman–Crippen LogP) is 2.17. The Bertz CT molecular complexity index is 164. The van der Waals surface area contributed by atoms with Crippen LogP contribution in [0.5, 0.6) is 0 Å². The highest BCUT2D eigenvalue weighted by Crippen LogP contribution is 2.10. The Morgan fingerprint density at radius 2 is 1.92 bits per heavy atom. The number of carbonyl (C=O) groups excluding carboxylic acids is 1. The van der Waals surface area contributed by atoms with E-state index in [1.807, 2.05) is 27.7 Å². The maximum absolute atomic E-state index is 11.1. The topological polar surface area (TPSA) is 29.1 Å². The van der Waals surface area contributed by atoms with Crippen LogP contribution in [0.25, 0.3) is 0 Å². The SMILES string of the molecule is CC(C)N/C=C/C(=O)SC(C)C. The van der Waals surface area contributed by atoms with Crippen molar-refractivity contribution in [1.82, 2.24) is 5.32 Å². The number of rotatable bonds is 4. The zero-order valence-corrected chi connectivity index (χ0v) is 8.94. The molecule has 0 aliphatic carbocycles. The molecule has 12 heavy (non-hydrogen) atoms. The van der Waals surface area contributed by atoms with Crippen molar-refractivity contribution in [2.24, 2.45) is 0 Å². The smallest absolute Gasteiger partial charge is 0.213 e. The Morgan fingerprint density at radius 3 is 2.33 bits per heavy atom. The molecule has 0 rings (SSSR count). The molecule has 0 unspecified atom stereocenters. The summed E-state index contributed by atoms with van der Waals surface area (Å²) in [6.07, 6.45) is 3.28. The zero-order chi connectivity index (χ0) is 9.56. The van der Waals surface area contributed by atoms with E-state index in [-0.39, 0.29) is 5.12 Å². The fourth-order valence-electron chi connectivity index (χ4n) is 0.580. The van der Waals surface area contributed by atoms with E-state index < -0.39 is 0 Å². The molecular formula is C9H17NOS. The molecule has 2 nitrogen and oxygen atoms in total. The van der Waals surface area contributed by atoms with E-state index in [0.29, 0.717) is 11.3 Å². The number of thioether (sulfide) groups is 1. The van der Waals surface area contributed by atoms with E-state index in [4.69, 9.17) is 0 Å². The second-order valence-corrected chi connectivity index (χ2v) is 4.72. The van der Waals surface area contributed by atoms with Crippen LogP contribution in [0, 0.1) is 0 Å². The Hall–Kier alpha value is -0.440. The van der Waals surface area contributed by atoms with Crippen molar-refractivity contribution in [3.8, 4) is 0 Å². The highest BCUT2D eigenvalue weighted by atomic mass is 32.2. The van der Waals surface area contributed by atoms with Crippen LogP contribution in [0.1, 0.15) is 27.7 Å². The molecular weight excluding hydrogens is 170 g/mol. The maximum Gasteiger partial charge on any atom is 0.213 e. The lowest BCUT2D eigenvalue weighted by Gasteiger charge is -2.02. The summed E-state index contributed by atoms with van der Waals surface area (Å²) in [6, 6.07) is 0.387. The summed E-state index contributed by atoms with van der Waals surface area (Å²) in [4.78, 5) is 11.1. The van der Waals surface area contributed by atoms with E-state index >= 15 is 0 Å². The van der Waals surface area contributed by atoms with Gasteiger partial charge in [-0.15, -0.1) is 0 Å². The van der Waals surface area contributed by atoms with E-state index in [0.717, 1.165) is 0 Å². The van der Waals surface area contributed by atoms with Crippen molar-refractivity contribution in [3.63, 3.8) is 0 Å². The normalized spacial score (nSPS) is 11.5. The quantitative estimate of drug-likeness (QED) is 0.684. The fourth-order valence-corrected chi connectivity index (χ4v) is 1.19. The average molecular weight is 187 g/mol. The summed E-state index contributed by atoms with van der Waals surface area (Å²) >= 11 is 1.34. The second-order valence-electron chi connectivity index (χ2n) is 3.14. The molecule has 0 spiro atoms. The van der Waals surface area contributed by atoms with Crippen LogP contribution in [0.2, 0.25) is 0 Å². The number of carbonyl (C=O) groups is 1. The van der Waals surface area contributed by atoms with E-state index in [2.05, 4.69) is 5.32 Å². The lowest BCUT2D eigenvalue weighted by molar-refractivity contribution is -0.107. The molecule has 0 saturated carbocycles. The summed E-state index contributed by atoms with van der Waals surface area (Å²) in [5, 5.41) is 3.51. The van der Waals surface area contributed by atoms with Crippen LogP contribution >= 0.6 is 11.8 Å². The van der Waals surface area contributed by atoms with Gasteiger partial charge in [0.15, 0.2) is 0 Å². The monoisotopic (exact) mass is 187 g/mol. The molecule has 0 saturated heterocycles. The van der Waals surface area contributed by atoms with E-state index in [1.54, 1.807) is 12.3 Å². The molecule has 0 atom stereocenters. The first-order chi connectivity index (χ1) is 5.52. The third-order valence-corrected chi connectivity index (χ3v) is 1.84. The highest BCUT2D eigenvalue weighted by molar-refractivity contribution is 8.14. The molecule has 1 N–H and O–H groups in total. The van der Waals surface area contributed by atoms with Crippen LogP contribution in [0.15, 0.2) is 12.3 Å². The fraction of sp³-hybridized carbons (Fsp3) is 0.667. The van der Waals surface area contributed by atoms with Crippen molar-refractivity contribution in [1.29, 1.82) is 0 Å². The largest absolute Gasteiger partial charge is 0.389 e. The van der Waals surface area contributed by atoms with Gasteiger partial charge in [0.05, 0.1) is 0 Å². The second kappa shape index (κ2) is 6.12. The minimum atomic E-state index is 0.109. The van der Waals surface area contributed by atoms with Crippen LogP contribution in [0.4, 0.5) is 0 Å². The molecule has 0 aromatic heterocycles. The lowest BCUT2D eigenvalue weighted by atomic mass is 10.4. The Labute approximate surface area is 78.8 Å². The lowest BCUT2D eigenvalue weighted by Crippen LogP contribution is -2.15. The van der Waals surface area contributed by atoms with Gasteiger partial charge >= 0.3 is 0 Å². The molecule has 0 fully saturated rings. The molecule has 0 aromatic rings. The summed E-state index contributed by atoms with van der Waals surface area (Å²) in [5.41, 5.74) is 0. The Morgan fingerprint density at radius 1 is 1.33 bits per heavy atom. The standard InChI is InChI=1S/C9H17NOS/c1-7(2)10-6-5-9(11)12-8(3)4/h5-8,10H,1-4H3/b6-5+. The van der Waals surface area contributed by atoms with Gasteiger partial charge in [0, 0.05) is 23.6 Å². The average Bonchev–Trinajstić information content (AvgIpc) is 1.84. The third-order valence-electron chi connectivity index (χ3n) is 1.00. The van der Waals surface area contributed by atoms with Crippen LogP contribution in [-0.4, -0.2) is 16.4 Å². The van der Waals surface area contributed by atoms with Crippen molar-refractivity contribution >= 4 is 16.9 Å². The first-order valence-electron chi connectivity index (χ1n) is 4.15. The van der Waals surface area contributed by atoms with Crippen molar-refractivity contribution in [2.45, 2.75) is 39.0 Å². The first kappa shape index (κ1) is 11.6. The third kappa shape index (κ3) is 7.66. The Balaban J connectivity index is 3.61. The van der Waals surface area contributed by atoms with Crippen LogP contribution in [0.3, 0.4) is 0 Å². The predicted molar refractivity (Wildman–Crippen MR) is 55.1 cm³/mol. The summed E-state index contributed by atoms with van der Waals surface area (Å²) < 4.78 is 0. The molecule has 3 heteroatoms. The van der Waals surface area contributed by atoms with Gasteiger partial charge in [0.1, 0.15) is 0 Å². The van der Waals surface area contributed by atoms with Gasteiger partial charge in [-0.3, -0.25) is 4.79 Å². The van der Waals surface area contributed by atoms with Gasteiger partial charge in [-0.1, -0.05) is 25.6 Å². The summed E-state index contributed by atoms with van der Waals surface area (Å²) in [6.45, 7) is 8.08. The zero-order valence-electron chi connectivity index (χ0n) is 8.13. The van der Waals surface area contributed by atoms with Crippen molar-refractivity contribution in [3.05, 3.63) is 12.3 Å². The molecule has 70 valence electrons. The summed E-state index contributed by atoms with van der Waals surface area (Å²) in [7, 11) is 0. The Kier molecular flexibility index (Phi) is 5.89. The van der Waals surface area contributed by atoms with Gasteiger partial charge in [-0.25, -0.2) is 0 Å². The summed E-state index contributed by atoms with van der Waals surface area (Å²) in [5.74, 6) is 0. The van der Waals surface area contributed by atoms with Crippen molar-refractivity contribution in [2.75, 3.05) is 0 Å². The maximum atomic E-state index is 11.1. The molecule has 0 aliphatic heterocycles. The highest BCUT2D eigenvalue weighted by Gasteiger charge is 2.00. The van der Waals surface area contributed by atoms with E-state index in [1.165, 1.54) is 11.8 Å². The van der Waals surface area contributed by atoms with Crippen molar-refractivity contribution < 1.29 is 4.79 Å². The van der Waals surface area contributed by atoms with Gasteiger partial charge in [0.25, 0.3) is 0 Å². The van der Waals surface area contributed by atoms with Crippen LogP contribution < -0.4 is 5.32 Å². The minimum Gasteiger partial charge on any atom is -0.389 e. The molecule has 0 amide bonds. The molecule has 0 aromatic carbocycles. The van der Waals surface area contributed by atoms with Crippen LogP contribution in [-0.2, 0) is 4.79 Å². The number of nitrogens with one attached hydrogen (secondary N) is 1. The first-order valence-corrected chi connectivity index (χ1v) is 5.03. The molecule has 0 aliphatic rings. The number of hydrogen-bond acceptors (Lipinski definition) is 3. The molecule has 0 bridgehead atoms. The number of hydrogen-bond donors (Lipinski definition) is 1. The van der Waals surface area contributed by atoms with Gasteiger partial charge in [-0.05, 0) is 13.8 Å². The van der Waals surface area contributed by atoms with Gasteiger partial charge in [-0.2, -0.15) is 0 Å². The van der Waals surface area contributed by atoms with Gasteiger partial charge in [0.2, 0.25) is 5.12 Å². The van der Waals surface area contributed by atoms with Gasteiger partial charge < -0.3 is 5.32 Å².